The van der Waals surface area contributed by atoms with Crippen molar-refractivity contribution < 1.29 is 14.7 Å². The first-order valence-corrected chi connectivity index (χ1v) is 8.97. The van der Waals surface area contributed by atoms with Gasteiger partial charge in [-0.25, -0.2) is 0 Å². The molecule has 3 heterocycles. The summed E-state index contributed by atoms with van der Waals surface area (Å²) >= 11 is 1.66. The van der Waals surface area contributed by atoms with Gasteiger partial charge in [-0.3, -0.25) is 9.58 Å². The molecule has 0 bridgehead atoms. The number of rotatable bonds is 6. The van der Waals surface area contributed by atoms with Crippen molar-refractivity contribution in [1.29, 1.82) is 0 Å². The molecular formula is C14H21N5O3S. The SMILES string of the molecule is CSCc1noc(CN2CCCn3nc([C@H](O)CO)cc3C2)n1. The fraction of sp³-hybridized carbons (Fsp3) is 0.643. The van der Waals surface area contributed by atoms with Crippen LogP contribution in [0.15, 0.2) is 10.6 Å². The second-order valence-corrected chi connectivity index (χ2v) is 6.45. The van der Waals surface area contributed by atoms with E-state index in [2.05, 4.69) is 20.1 Å². The van der Waals surface area contributed by atoms with Crippen LogP contribution >= 0.6 is 11.8 Å². The van der Waals surface area contributed by atoms with Crippen LogP contribution < -0.4 is 0 Å². The van der Waals surface area contributed by atoms with Crippen molar-refractivity contribution in [2.45, 2.75) is 37.9 Å². The van der Waals surface area contributed by atoms with E-state index in [4.69, 9.17) is 9.63 Å². The van der Waals surface area contributed by atoms with Crippen LogP contribution in [0.2, 0.25) is 0 Å². The zero-order valence-electron chi connectivity index (χ0n) is 13.1. The first-order valence-electron chi connectivity index (χ1n) is 7.58. The molecule has 9 heteroatoms. The van der Waals surface area contributed by atoms with Gasteiger partial charge in [-0.15, -0.1) is 0 Å². The van der Waals surface area contributed by atoms with Crippen LogP contribution in [0.1, 0.15) is 35.6 Å². The molecule has 3 rings (SSSR count). The minimum atomic E-state index is -0.923. The summed E-state index contributed by atoms with van der Waals surface area (Å²) in [5, 5.41) is 27.1. The van der Waals surface area contributed by atoms with Gasteiger partial charge in [0.05, 0.1) is 30.3 Å². The smallest absolute Gasteiger partial charge is 0.240 e. The van der Waals surface area contributed by atoms with Gasteiger partial charge in [0.25, 0.3) is 0 Å². The highest BCUT2D eigenvalue weighted by molar-refractivity contribution is 7.97. The normalized spacial score (nSPS) is 17.0. The summed E-state index contributed by atoms with van der Waals surface area (Å²) in [6, 6.07) is 1.85. The van der Waals surface area contributed by atoms with Crippen LogP contribution in [-0.2, 0) is 25.4 Å². The minimum absolute atomic E-state index is 0.319. The Morgan fingerprint density at radius 3 is 3.09 bits per heavy atom. The first kappa shape index (κ1) is 16.4. The van der Waals surface area contributed by atoms with Gasteiger partial charge in [-0.2, -0.15) is 21.8 Å². The molecule has 0 fully saturated rings. The molecule has 8 nitrogen and oxygen atoms in total. The Morgan fingerprint density at radius 2 is 2.30 bits per heavy atom. The van der Waals surface area contributed by atoms with Crippen LogP contribution in [0.4, 0.5) is 0 Å². The van der Waals surface area contributed by atoms with Gasteiger partial charge in [0, 0.05) is 19.6 Å². The van der Waals surface area contributed by atoms with E-state index in [9.17, 15) is 5.11 Å². The Bertz CT molecular complexity index is 644. The van der Waals surface area contributed by atoms with E-state index in [-0.39, 0.29) is 6.61 Å². The highest BCUT2D eigenvalue weighted by Crippen LogP contribution is 2.19. The third-order valence-corrected chi connectivity index (χ3v) is 4.32. The van der Waals surface area contributed by atoms with E-state index in [0.717, 1.165) is 36.8 Å². The largest absolute Gasteiger partial charge is 0.393 e. The number of thioether (sulfide) groups is 1. The molecule has 0 saturated carbocycles. The summed E-state index contributed by atoms with van der Waals surface area (Å²) in [5.41, 5.74) is 1.54. The molecule has 0 radical (unpaired) electrons. The molecule has 23 heavy (non-hydrogen) atoms. The van der Waals surface area contributed by atoms with Crippen molar-refractivity contribution in [3.05, 3.63) is 29.2 Å². The number of fused-ring (bicyclic) bond motifs is 1. The van der Waals surface area contributed by atoms with Crippen LogP contribution in [0, 0.1) is 0 Å². The van der Waals surface area contributed by atoms with Crippen LogP contribution in [0.3, 0.4) is 0 Å². The summed E-state index contributed by atoms with van der Waals surface area (Å²) in [7, 11) is 0. The standard InChI is InChI=1S/C14H21N5O3S/c1-23-9-13-15-14(22-17-13)7-18-3-2-4-19-10(6-18)5-11(16-19)12(21)8-20/h5,12,20-21H,2-4,6-9H2,1H3/t12-/m1/s1. The Morgan fingerprint density at radius 1 is 1.43 bits per heavy atom. The number of aliphatic hydroxyl groups excluding tert-OH is 2. The zero-order chi connectivity index (χ0) is 16.2. The minimum Gasteiger partial charge on any atom is -0.393 e. The molecule has 0 spiro atoms. The molecule has 2 aromatic heterocycles. The lowest BCUT2D eigenvalue weighted by Gasteiger charge is -2.16. The molecule has 0 saturated heterocycles. The van der Waals surface area contributed by atoms with E-state index >= 15 is 0 Å². The van der Waals surface area contributed by atoms with E-state index in [1.54, 1.807) is 11.8 Å². The second kappa shape index (κ2) is 7.43. The Labute approximate surface area is 138 Å². The number of aryl methyl sites for hydroxylation is 1. The molecule has 0 amide bonds. The predicted octanol–water partition coefficient (Wildman–Crippen LogP) is 0.561. The number of aliphatic hydroxyl groups is 2. The average Bonchev–Trinajstić information content (AvgIpc) is 3.10. The lowest BCUT2D eigenvalue weighted by molar-refractivity contribution is 0.0916. The lowest BCUT2D eigenvalue weighted by Crippen LogP contribution is -2.23. The maximum absolute atomic E-state index is 9.73. The maximum atomic E-state index is 9.73. The van der Waals surface area contributed by atoms with Crippen molar-refractivity contribution in [3.63, 3.8) is 0 Å². The molecular weight excluding hydrogens is 318 g/mol. The number of nitrogens with zero attached hydrogens (tertiary/aromatic N) is 5. The van der Waals surface area contributed by atoms with Gasteiger partial charge >= 0.3 is 0 Å². The van der Waals surface area contributed by atoms with Crippen molar-refractivity contribution in [2.24, 2.45) is 0 Å². The van der Waals surface area contributed by atoms with Gasteiger partial charge in [0.15, 0.2) is 5.82 Å². The summed E-state index contributed by atoms with van der Waals surface area (Å²) < 4.78 is 7.20. The second-order valence-electron chi connectivity index (χ2n) is 5.58. The monoisotopic (exact) mass is 339 g/mol. The Kier molecular flexibility index (Phi) is 5.31. The van der Waals surface area contributed by atoms with Crippen molar-refractivity contribution in [1.82, 2.24) is 24.8 Å². The average molecular weight is 339 g/mol. The molecule has 126 valence electrons. The Hall–Kier alpha value is -1.42. The van der Waals surface area contributed by atoms with E-state index in [1.807, 2.05) is 17.0 Å². The molecule has 0 aromatic carbocycles. The summed E-state index contributed by atoms with van der Waals surface area (Å²) in [6.07, 6.45) is 2.03. The maximum Gasteiger partial charge on any atom is 0.240 e. The molecule has 1 aliphatic rings. The molecule has 1 aliphatic heterocycles. The van der Waals surface area contributed by atoms with E-state index < -0.39 is 6.10 Å². The fourth-order valence-corrected chi connectivity index (χ4v) is 3.05. The van der Waals surface area contributed by atoms with Gasteiger partial charge in [-0.1, -0.05) is 5.16 Å². The summed E-state index contributed by atoms with van der Waals surface area (Å²) in [5.74, 6) is 2.09. The van der Waals surface area contributed by atoms with E-state index in [0.29, 0.717) is 24.7 Å². The molecule has 2 aromatic rings. The van der Waals surface area contributed by atoms with Gasteiger partial charge in [0.1, 0.15) is 6.10 Å². The molecule has 1 atom stereocenters. The van der Waals surface area contributed by atoms with Crippen molar-refractivity contribution in [2.75, 3.05) is 19.4 Å². The lowest BCUT2D eigenvalue weighted by atomic mass is 10.2. The van der Waals surface area contributed by atoms with Crippen molar-refractivity contribution >= 4 is 11.8 Å². The fourth-order valence-electron chi connectivity index (χ4n) is 2.68. The third-order valence-electron chi connectivity index (χ3n) is 3.77. The van der Waals surface area contributed by atoms with Crippen molar-refractivity contribution in [3.8, 4) is 0 Å². The topological polar surface area (TPSA) is 100 Å². The van der Waals surface area contributed by atoms with Gasteiger partial charge in [0.2, 0.25) is 5.89 Å². The molecule has 2 N–H and O–H groups in total. The van der Waals surface area contributed by atoms with Gasteiger partial charge < -0.3 is 14.7 Å². The predicted molar refractivity (Wildman–Crippen MR) is 84.5 cm³/mol. The Balaban J connectivity index is 1.68. The van der Waals surface area contributed by atoms with Crippen LogP contribution in [0.5, 0.6) is 0 Å². The van der Waals surface area contributed by atoms with Gasteiger partial charge in [-0.05, 0) is 18.7 Å². The number of aromatic nitrogens is 4. The zero-order valence-corrected chi connectivity index (χ0v) is 13.9. The molecule has 0 unspecified atom stereocenters. The highest BCUT2D eigenvalue weighted by atomic mass is 32.2. The van der Waals surface area contributed by atoms with E-state index in [1.165, 1.54) is 0 Å². The third kappa shape index (κ3) is 3.92. The number of hydrogen-bond donors (Lipinski definition) is 2. The van der Waals surface area contributed by atoms with Crippen LogP contribution in [-0.4, -0.2) is 54.4 Å². The molecule has 0 aliphatic carbocycles. The summed E-state index contributed by atoms with van der Waals surface area (Å²) in [4.78, 5) is 6.62. The van der Waals surface area contributed by atoms with Crippen LogP contribution in [0.25, 0.3) is 0 Å². The quantitative estimate of drug-likeness (QED) is 0.787. The highest BCUT2D eigenvalue weighted by Gasteiger charge is 2.21. The summed E-state index contributed by atoms with van der Waals surface area (Å²) in [6.45, 7) is 2.70. The number of hydrogen-bond acceptors (Lipinski definition) is 8. The first-order chi connectivity index (χ1) is 11.2.